The zero-order valence-electron chi connectivity index (χ0n) is 5.40. The fourth-order valence-electron chi connectivity index (χ4n) is 0.770. The van der Waals surface area contributed by atoms with Crippen molar-refractivity contribution in [2.75, 3.05) is 0 Å². The molecule has 0 radical (unpaired) electrons. The van der Waals surface area contributed by atoms with Crippen molar-refractivity contribution in [3.63, 3.8) is 0 Å². The first kappa shape index (κ1) is 5.34. The van der Waals surface area contributed by atoms with Crippen molar-refractivity contribution >= 4 is 11.1 Å². The molecular weight excluding hydrogens is 130 g/mol. The van der Waals surface area contributed by atoms with Crippen molar-refractivity contribution in [2.45, 2.75) is 6.92 Å². The van der Waals surface area contributed by atoms with Crippen molar-refractivity contribution in [2.24, 2.45) is 0 Å². The van der Waals surface area contributed by atoms with Crippen LogP contribution >= 0.6 is 0 Å². The third kappa shape index (κ3) is 0.655. The molecule has 0 bridgehead atoms. The molecule has 2 heterocycles. The van der Waals surface area contributed by atoms with Crippen LogP contribution in [0.3, 0.4) is 0 Å². The molecule has 0 aromatic carbocycles. The number of aryl methyl sites for hydroxylation is 1. The molecule has 0 saturated heterocycles. The van der Waals surface area contributed by atoms with Gasteiger partial charge in [-0.3, -0.25) is 0 Å². The number of nitrogens with zero attached hydrogens (tertiary/aromatic N) is 3. The maximum absolute atomic E-state index is 4.85. The summed E-state index contributed by atoms with van der Waals surface area (Å²) in [5.41, 5.74) is 2.22. The molecule has 0 spiro atoms. The van der Waals surface area contributed by atoms with Gasteiger partial charge in [-0.1, -0.05) is 5.16 Å². The van der Waals surface area contributed by atoms with Gasteiger partial charge >= 0.3 is 0 Å². The van der Waals surface area contributed by atoms with E-state index in [2.05, 4.69) is 15.4 Å². The van der Waals surface area contributed by atoms with Gasteiger partial charge < -0.3 is 4.52 Å². The van der Waals surface area contributed by atoms with Crippen LogP contribution in [0.15, 0.2) is 16.8 Å². The lowest BCUT2D eigenvalue weighted by Crippen LogP contribution is -1.83. The maximum atomic E-state index is 4.85. The van der Waals surface area contributed by atoms with E-state index in [0.717, 1.165) is 5.69 Å². The number of hydrogen-bond donors (Lipinski definition) is 0. The van der Waals surface area contributed by atoms with Gasteiger partial charge in [0.2, 0.25) is 0 Å². The van der Waals surface area contributed by atoms with Crippen LogP contribution in [0.25, 0.3) is 11.1 Å². The molecule has 0 aliphatic rings. The Hall–Kier alpha value is -1.45. The van der Waals surface area contributed by atoms with Crippen LogP contribution in [0.2, 0.25) is 0 Å². The molecule has 4 nitrogen and oxygen atoms in total. The van der Waals surface area contributed by atoms with Crippen LogP contribution in [0.4, 0.5) is 0 Å². The van der Waals surface area contributed by atoms with Crippen LogP contribution in [0.1, 0.15) is 5.69 Å². The predicted octanol–water partition coefficient (Wildman–Crippen LogP) is 0.926. The lowest BCUT2D eigenvalue weighted by atomic mass is 10.4. The highest BCUT2D eigenvalue weighted by Gasteiger charge is 1.98. The van der Waals surface area contributed by atoms with E-state index in [9.17, 15) is 0 Å². The first-order valence-electron chi connectivity index (χ1n) is 2.91. The average molecular weight is 135 g/mol. The summed E-state index contributed by atoms with van der Waals surface area (Å²) >= 11 is 0. The van der Waals surface area contributed by atoms with Crippen LogP contribution in [-0.2, 0) is 0 Å². The van der Waals surface area contributed by atoms with Crippen LogP contribution in [-0.4, -0.2) is 15.4 Å². The maximum Gasteiger partial charge on any atom is 0.189 e. The first-order chi connectivity index (χ1) is 4.86. The Balaban J connectivity index is 2.86. The van der Waals surface area contributed by atoms with Crippen LogP contribution in [0, 0.1) is 6.92 Å². The molecule has 0 N–H and O–H groups in total. The third-order valence-electron chi connectivity index (χ3n) is 1.23. The van der Waals surface area contributed by atoms with E-state index in [1.54, 1.807) is 12.3 Å². The minimum atomic E-state index is 0.688. The second-order valence-electron chi connectivity index (χ2n) is 2.06. The Bertz CT molecular complexity index is 355. The van der Waals surface area contributed by atoms with Gasteiger partial charge in [-0.15, -0.1) is 5.10 Å². The molecule has 0 aliphatic heterocycles. The standard InChI is InChI=1S/C6H5N3O/c1-4-2-6-5(9-8-4)3-7-10-6/h2-3H,1H3. The molecule has 10 heavy (non-hydrogen) atoms. The molecule has 50 valence electrons. The van der Waals surface area contributed by atoms with Gasteiger partial charge in [-0.2, -0.15) is 5.10 Å². The molecule has 0 amide bonds. The van der Waals surface area contributed by atoms with Gasteiger partial charge in [0.1, 0.15) is 0 Å². The minimum absolute atomic E-state index is 0.688. The van der Waals surface area contributed by atoms with Gasteiger partial charge in [-0.05, 0) is 6.92 Å². The lowest BCUT2D eigenvalue weighted by Gasteiger charge is -1.85. The van der Waals surface area contributed by atoms with Gasteiger partial charge in [-0.25, -0.2) is 0 Å². The van der Waals surface area contributed by atoms with Crippen molar-refractivity contribution in [3.05, 3.63) is 18.0 Å². The molecule has 0 aliphatic carbocycles. The van der Waals surface area contributed by atoms with E-state index in [1.165, 1.54) is 0 Å². The fourth-order valence-corrected chi connectivity index (χ4v) is 0.770. The lowest BCUT2D eigenvalue weighted by molar-refractivity contribution is 0.456. The summed E-state index contributed by atoms with van der Waals surface area (Å²) in [5, 5.41) is 11.2. The summed E-state index contributed by atoms with van der Waals surface area (Å²) in [6.07, 6.45) is 1.54. The average Bonchev–Trinajstić information content (AvgIpc) is 2.33. The van der Waals surface area contributed by atoms with E-state index >= 15 is 0 Å². The summed E-state index contributed by atoms with van der Waals surface area (Å²) in [4.78, 5) is 0. The molecule has 4 heteroatoms. The summed E-state index contributed by atoms with van der Waals surface area (Å²) < 4.78 is 4.85. The second kappa shape index (κ2) is 1.76. The molecule has 0 unspecified atom stereocenters. The number of fused-ring (bicyclic) bond motifs is 1. The van der Waals surface area contributed by atoms with E-state index in [-0.39, 0.29) is 0 Å². The molecular formula is C6H5N3O. The molecule has 2 aromatic rings. The first-order valence-corrected chi connectivity index (χ1v) is 2.91. The summed E-state index contributed by atoms with van der Waals surface area (Å²) in [5.74, 6) is 0. The highest BCUT2D eigenvalue weighted by atomic mass is 16.5. The van der Waals surface area contributed by atoms with Crippen molar-refractivity contribution < 1.29 is 4.52 Å². The largest absolute Gasteiger partial charge is 0.354 e. The molecule has 0 saturated carbocycles. The number of aromatic nitrogens is 3. The van der Waals surface area contributed by atoms with Gasteiger partial charge in [0.05, 0.1) is 11.9 Å². The molecule has 2 rings (SSSR count). The Morgan fingerprint density at radius 3 is 3.20 bits per heavy atom. The van der Waals surface area contributed by atoms with Gasteiger partial charge in [0.15, 0.2) is 11.1 Å². The monoisotopic (exact) mass is 135 g/mol. The quantitative estimate of drug-likeness (QED) is 0.539. The Kier molecular flexibility index (Phi) is 0.943. The Labute approximate surface area is 56.9 Å². The zero-order valence-corrected chi connectivity index (χ0v) is 5.40. The normalized spacial score (nSPS) is 10.5. The molecule has 0 atom stereocenters. The fraction of sp³-hybridized carbons (Fsp3) is 0.167. The highest BCUT2D eigenvalue weighted by molar-refractivity contribution is 5.69. The predicted molar refractivity (Wildman–Crippen MR) is 34.3 cm³/mol. The summed E-state index contributed by atoms with van der Waals surface area (Å²) in [6, 6.07) is 1.80. The number of rotatable bonds is 0. The Morgan fingerprint density at radius 1 is 1.40 bits per heavy atom. The summed E-state index contributed by atoms with van der Waals surface area (Å²) in [6.45, 7) is 1.86. The Morgan fingerprint density at radius 2 is 2.30 bits per heavy atom. The zero-order chi connectivity index (χ0) is 6.97. The van der Waals surface area contributed by atoms with Gasteiger partial charge in [0, 0.05) is 6.07 Å². The van der Waals surface area contributed by atoms with Crippen LogP contribution in [0.5, 0.6) is 0 Å². The third-order valence-corrected chi connectivity index (χ3v) is 1.23. The summed E-state index contributed by atoms with van der Waals surface area (Å²) in [7, 11) is 0. The topological polar surface area (TPSA) is 51.8 Å². The molecule has 0 fully saturated rings. The van der Waals surface area contributed by atoms with Crippen molar-refractivity contribution in [3.8, 4) is 0 Å². The van der Waals surface area contributed by atoms with E-state index < -0.39 is 0 Å². The number of hydrogen-bond acceptors (Lipinski definition) is 4. The minimum Gasteiger partial charge on any atom is -0.354 e. The van der Waals surface area contributed by atoms with Gasteiger partial charge in [0.25, 0.3) is 0 Å². The highest BCUT2D eigenvalue weighted by Crippen LogP contribution is 2.08. The SMILES string of the molecule is Cc1cc2oncc2nn1. The molecule has 2 aromatic heterocycles. The smallest absolute Gasteiger partial charge is 0.189 e. The van der Waals surface area contributed by atoms with Crippen molar-refractivity contribution in [1.82, 2.24) is 15.4 Å². The van der Waals surface area contributed by atoms with Crippen molar-refractivity contribution in [1.29, 1.82) is 0 Å². The van der Waals surface area contributed by atoms with E-state index in [4.69, 9.17) is 4.52 Å². The van der Waals surface area contributed by atoms with E-state index in [0.29, 0.717) is 11.1 Å². The van der Waals surface area contributed by atoms with Crippen LogP contribution < -0.4 is 0 Å². The van der Waals surface area contributed by atoms with E-state index in [1.807, 2.05) is 6.92 Å². The second-order valence-corrected chi connectivity index (χ2v) is 2.06.